The minimum atomic E-state index is -0.315. The molecule has 0 heterocycles. The van der Waals surface area contributed by atoms with Crippen LogP contribution in [0.15, 0.2) is 18.2 Å². The van der Waals surface area contributed by atoms with Gasteiger partial charge in [0.25, 0.3) is 0 Å². The molecule has 1 rings (SSSR count). The quantitative estimate of drug-likeness (QED) is 0.711. The number of ether oxygens (including phenoxy) is 2. The maximum Gasteiger partial charge on any atom is 0.319 e. The molecular formula is C14H20FNO3. The molecule has 19 heavy (non-hydrogen) atoms. The minimum Gasteiger partial charge on any atom is -0.496 e. The molecule has 0 spiro atoms. The van der Waals surface area contributed by atoms with Gasteiger partial charge in [0, 0.05) is 12.1 Å². The van der Waals surface area contributed by atoms with Crippen molar-refractivity contribution >= 4 is 5.97 Å². The minimum absolute atomic E-state index is 0.185. The molecule has 4 nitrogen and oxygen atoms in total. The van der Waals surface area contributed by atoms with E-state index >= 15 is 0 Å². The molecule has 0 saturated carbocycles. The van der Waals surface area contributed by atoms with Crippen molar-refractivity contribution in [2.75, 3.05) is 27.3 Å². The number of hydrogen-bond donors (Lipinski definition) is 0. The topological polar surface area (TPSA) is 38.8 Å². The molecule has 1 aromatic carbocycles. The van der Waals surface area contributed by atoms with E-state index in [0.717, 1.165) is 18.5 Å². The zero-order chi connectivity index (χ0) is 14.3. The second kappa shape index (κ2) is 7.74. The molecular weight excluding hydrogens is 249 g/mol. The van der Waals surface area contributed by atoms with E-state index in [1.165, 1.54) is 19.2 Å². The number of methoxy groups -OCH3 is 2. The molecule has 1 aromatic rings. The number of rotatable bonds is 7. The SMILES string of the molecule is CCCN(CC(=O)OC)Cc1cc(F)ccc1OC. The van der Waals surface area contributed by atoms with Gasteiger partial charge in [-0.15, -0.1) is 0 Å². The first-order chi connectivity index (χ1) is 9.10. The lowest BCUT2D eigenvalue weighted by Gasteiger charge is -2.21. The number of nitrogens with zero attached hydrogens (tertiary/aromatic N) is 1. The first kappa shape index (κ1) is 15.4. The van der Waals surface area contributed by atoms with Gasteiger partial charge in [-0.05, 0) is 31.2 Å². The van der Waals surface area contributed by atoms with E-state index in [-0.39, 0.29) is 18.3 Å². The number of carbonyl (C=O) groups is 1. The van der Waals surface area contributed by atoms with Gasteiger partial charge in [0.2, 0.25) is 0 Å². The first-order valence-electron chi connectivity index (χ1n) is 6.22. The maximum absolute atomic E-state index is 13.3. The molecule has 0 unspecified atom stereocenters. The summed E-state index contributed by atoms with van der Waals surface area (Å²) < 4.78 is 23.1. The van der Waals surface area contributed by atoms with Crippen LogP contribution in [0.3, 0.4) is 0 Å². The predicted octanol–water partition coefficient (Wildman–Crippen LogP) is 2.22. The normalized spacial score (nSPS) is 10.6. The van der Waals surface area contributed by atoms with Crippen molar-refractivity contribution in [1.29, 1.82) is 0 Å². The van der Waals surface area contributed by atoms with Crippen LogP contribution in [0.2, 0.25) is 0 Å². The van der Waals surface area contributed by atoms with E-state index < -0.39 is 0 Å². The number of carbonyl (C=O) groups excluding carboxylic acids is 1. The van der Waals surface area contributed by atoms with Crippen LogP contribution in [-0.2, 0) is 16.1 Å². The van der Waals surface area contributed by atoms with Crippen LogP contribution in [0.4, 0.5) is 4.39 Å². The Morgan fingerprint density at radius 1 is 1.37 bits per heavy atom. The largest absolute Gasteiger partial charge is 0.496 e. The second-order valence-electron chi connectivity index (χ2n) is 4.24. The van der Waals surface area contributed by atoms with Crippen LogP contribution < -0.4 is 4.74 Å². The van der Waals surface area contributed by atoms with Crippen molar-refractivity contribution < 1.29 is 18.7 Å². The molecule has 5 heteroatoms. The van der Waals surface area contributed by atoms with Crippen molar-refractivity contribution in [2.45, 2.75) is 19.9 Å². The lowest BCUT2D eigenvalue weighted by Crippen LogP contribution is -2.31. The average molecular weight is 269 g/mol. The first-order valence-corrected chi connectivity index (χ1v) is 6.22. The molecule has 0 aliphatic carbocycles. The third kappa shape index (κ3) is 4.87. The fourth-order valence-corrected chi connectivity index (χ4v) is 1.89. The van der Waals surface area contributed by atoms with Crippen LogP contribution in [0.25, 0.3) is 0 Å². The van der Waals surface area contributed by atoms with Crippen LogP contribution >= 0.6 is 0 Å². The van der Waals surface area contributed by atoms with Crippen molar-refractivity contribution in [2.24, 2.45) is 0 Å². The number of halogens is 1. The van der Waals surface area contributed by atoms with Crippen molar-refractivity contribution in [3.05, 3.63) is 29.6 Å². The highest BCUT2D eigenvalue weighted by molar-refractivity contribution is 5.71. The zero-order valence-corrected chi connectivity index (χ0v) is 11.6. The summed E-state index contributed by atoms with van der Waals surface area (Å²) in [7, 11) is 2.90. The number of benzene rings is 1. The molecule has 0 aliphatic rings. The van der Waals surface area contributed by atoms with Crippen LogP contribution in [0.5, 0.6) is 5.75 Å². The van der Waals surface area contributed by atoms with Gasteiger partial charge >= 0.3 is 5.97 Å². The third-order valence-corrected chi connectivity index (χ3v) is 2.76. The summed E-state index contributed by atoms with van der Waals surface area (Å²) >= 11 is 0. The molecule has 0 saturated heterocycles. The lowest BCUT2D eigenvalue weighted by atomic mass is 10.1. The van der Waals surface area contributed by atoms with Gasteiger partial charge in [-0.25, -0.2) is 4.39 Å². The Labute approximate surface area is 113 Å². The van der Waals surface area contributed by atoms with E-state index in [1.54, 1.807) is 13.2 Å². The molecule has 106 valence electrons. The highest BCUT2D eigenvalue weighted by atomic mass is 19.1. The fraction of sp³-hybridized carbons (Fsp3) is 0.500. The Morgan fingerprint density at radius 2 is 2.11 bits per heavy atom. The Morgan fingerprint density at radius 3 is 2.68 bits per heavy atom. The molecule has 0 atom stereocenters. The Bertz CT molecular complexity index is 423. The molecule has 0 N–H and O–H groups in total. The van der Waals surface area contributed by atoms with Crippen molar-refractivity contribution in [1.82, 2.24) is 4.90 Å². The third-order valence-electron chi connectivity index (χ3n) is 2.76. The molecule has 0 aromatic heterocycles. The van der Waals surface area contributed by atoms with Crippen LogP contribution in [0.1, 0.15) is 18.9 Å². The predicted molar refractivity (Wildman–Crippen MR) is 70.5 cm³/mol. The van der Waals surface area contributed by atoms with Gasteiger partial charge in [-0.3, -0.25) is 9.69 Å². The lowest BCUT2D eigenvalue weighted by molar-refractivity contribution is -0.142. The van der Waals surface area contributed by atoms with Gasteiger partial charge in [0.1, 0.15) is 11.6 Å². The summed E-state index contributed by atoms with van der Waals surface area (Å²) in [6, 6.07) is 4.37. The molecule has 0 bridgehead atoms. The fourth-order valence-electron chi connectivity index (χ4n) is 1.89. The number of hydrogen-bond acceptors (Lipinski definition) is 4. The molecule has 0 radical (unpaired) electrons. The van der Waals surface area contributed by atoms with E-state index in [1.807, 2.05) is 11.8 Å². The smallest absolute Gasteiger partial charge is 0.319 e. The standard InChI is InChI=1S/C14H20FNO3/c1-4-7-16(10-14(17)19-3)9-11-8-12(15)5-6-13(11)18-2/h5-6,8H,4,7,9-10H2,1-3H3. The van der Waals surface area contributed by atoms with E-state index in [9.17, 15) is 9.18 Å². The van der Waals surface area contributed by atoms with E-state index in [0.29, 0.717) is 12.3 Å². The Hall–Kier alpha value is -1.62. The highest BCUT2D eigenvalue weighted by Crippen LogP contribution is 2.21. The Kier molecular flexibility index (Phi) is 6.29. The van der Waals surface area contributed by atoms with Gasteiger partial charge < -0.3 is 9.47 Å². The summed E-state index contributed by atoms with van der Waals surface area (Å²) in [5, 5.41) is 0. The zero-order valence-electron chi connectivity index (χ0n) is 11.6. The molecule has 0 aliphatic heterocycles. The summed E-state index contributed by atoms with van der Waals surface area (Å²) in [6.45, 7) is 3.38. The summed E-state index contributed by atoms with van der Waals surface area (Å²) in [5.41, 5.74) is 0.722. The van der Waals surface area contributed by atoms with Crippen LogP contribution in [-0.4, -0.2) is 38.2 Å². The van der Waals surface area contributed by atoms with Crippen LogP contribution in [0, 0.1) is 5.82 Å². The second-order valence-corrected chi connectivity index (χ2v) is 4.24. The van der Waals surface area contributed by atoms with Gasteiger partial charge in [0.15, 0.2) is 0 Å². The number of esters is 1. The monoisotopic (exact) mass is 269 g/mol. The van der Waals surface area contributed by atoms with E-state index in [4.69, 9.17) is 4.74 Å². The average Bonchev–Trinajstić information content (AvgIpc) is 2.39. The molecule has 0 amide bonds. The summed E-state index contributed by atoms with van der Waals surface area (Å²) in [5.74, 6) is 0.00139. The Balaban J connectivity index is 2.82. The molecule has 0 fully saturated rings. The van der Waals surface area contributed by atoms with Gasteiger partial charge in [-0.1, -0.05) is 6.92 Å². The van der Waals surface area contributed by atoms with Crippen molar-refractivity contribution in [3.8, 4) is 5.75 Å². The maximum atomic E-state index is 13.3. The van der Waals surface area contributed by atoms with Gasteiger partial charge in [-0.2, -0.15) is 0 Å². The summed E-state index contributed by atoms with van der Waals surface area (Å²) in [6.07, 6.45) is 0.897. The summed E-state index contributed by atoms with van der Waals surface area (Å²) in [4.78, 5) is 13.2. The van der Waals surface area contributed by atoms with Crippen molar-refractivity contribution in [3.63, 3.8) is 0 Å². The highest BCUT2D eigenvalue weighted by Gasteiger charge is 2.14. The van der Waals surface area contributed by atoms with Gasteiger partial charge in [0.05, 0.1) is 20.8 Å². The van der Waals surface area contributed by atoms with E-state index in [2.05, 4.69) is 4.74 Å².